The van der Waals surface area contributed by atoms with Crippen LogP contribution in [-0.4, -0.2) is 36.1 Å². The fourth-order valence-electron chi connectivity index (χ4n) is 3.82. The molecule has 0 unspecified atom stereocenters. The van der Waals surface area contributed by atoms with Gasteiger partial charge in [-0.05, 0) is 81.3 Å². The lowest BCUT2D eigenvalue weighted by Crippen LogP contribution is -2.38. The van der Waals surface area contributed by atoms with Gasteiger partial charge >= 0.3 is 5.97 Å². The summed E-state index contributed by atoms with van der Waals surface area (Å²) in [6, 6.07) is 14.2. The number of H-pyrrole nitrogens is 1. The van der Waals surface area contributed by atoms with Gasteiger partial charge in [-0.1, -0.05) is 0 Å². The lowest BCUT2D eigenvalue weighted by atomic mass is 10.1. The van der Waals surface area contributed by atoms with Crippen molar-refractivity contribution < 1.29 is 18.7 Å². The highest BCUT2D eigenvalue weighted by atomic mass is 16.5. The summed E-state index contributed by atoms with van der Waals surface area (Å²) < 4.78 is 10.5. The SMILES string of the molecule is CCOC(=O)c1cc2cc(NC(=O)[C@H](C)NCCCc3c[nH]c4ccc(C#N)cc34)ccc2o1. The van der Waals surface area contributed by atoms with Crippen molar-refractivity contribution in [1.29, 1.82) is 5.26 Å². The topological polar surface area (TPSA) is 120 Å². The molecule has 4 rings (SSSR count). The molecular formula is C26H26N4O4. The Morgan fingerprint density at radius 3 is 2.85 bits per heavy atom. The van der Waals surface area contributed by atoms with Crippen molar-refractivity contribution in [2.45, 2.75) is 32.7 Å². The third kappa shape index (κ3) is 5.11. The minimum atomic E-state index is -0.514. The first kappa shape index (κ1) is 23.1. The van der Waals surface area contributed by atoms with E-state index in [-0.39, 0.29) is 24.3 Å². The van der Waals surface area contributed by atoms with Crippen LogP contribution in [0.15, 0.2) is 53.1 Å². The number of rotatable bonds is 9. The van der Waals surface area contributed by atoms with Gasteiger partial charge in [-0.25, -0.2) is 4.79 Å². The number of nitrogens with zero attached hydrogens (tertiary/aromatic N) is 1. The number of fused-ring (bicyclic) bond motifs is 2. The third-order valence-corrected chi connectivity index (χ3v) is 5.62. The van der Waals surface area contributed by atoms with E-state index in [1.54, 1.807) is 37.3 Å². The predicted molar refractivity (Wildman–Crippen MR) is 130 cm³/mol. The van der Waals surface area contributed by atoms with Gasteiger partial charge in [0.15, 0.2) is 0 Å². The number of hydrogen-bond donors (Lipinski definition) is 3. The van der Waals surface area contributed by atoms with E-state index in [0.29, 0.717) is 28.8 Å². The van der Waals surface area contributed by atoms with Crippen molar-refractivity contribution in [3.63, 3.8) is 0 Å². The molecule has 8 nitrogen and oxygen atoms in total. The molecule has 2 aromatic carbocycles. The Bertz CT molecular complexity index is 1380. The molecule has 0 radical (unpaired) electrons. The average molecular weight is 459 g/mol. The van der Waals surface area contributed by atoms with Gasteiger partial charge in [0, 0.05) is 28.2 Å². The largest absolute Gasteiger partial charge is 0.460 e. The zero-order valence-electron chi connectivity index (χ0n) is 19.1. The van der Waals surface area contributed by atoms with Gasteiger partial charge in [0.2, 0.25) is 11.7 Å². The number of nitrogens with one attached hydrogen (secondary N) is 3. The number of aryl methyl sites for hydroxylation is 1. The summed E-state index contributed by atoms with van der Waals surface area (Å²) in [5, 5.41) is 17.0. The molecule has 1 amide bonds. The maximum atomic E-state index is 12.6. The van der Waals surface area contributed by atoms with Crippen LogP contribution >= 0.6 is 0 Å². The number of esters is 1. The number of aromatic nitrogens is 1. The van der Waals surface area contributed by atoms with Crippen LogP contribution in [0.25, 0.3) is 21.9 Å². The summed E-state index contributed by atoms with van der Waals surface area (Å²) >= 11 is 0. The number of aromatic amines is 1. The fourth-order valence-corrected chi connectivity index (χ4v) is 3.82. The molecule has 174 valence electrons. The number of anilines is 1. The Balaban J connectivity index is 1.29. The Labute approximate surface area is 196 Å². The molecule has 3 N–H and O–H groups in total. The van der Waals surface area contributed by atoms with Crippen molar-refractivity contribution >= 4 is 39.4 Å². The Morgan fingerprint density at radius 2 is 2.06 bits per heavy atom. The predicted octanol–water partition coefficient (Wildman–Crippen LogP) is 4.51. The molecule has 0 spiro atoms. The highest BCUT2D eigenvalue weighted by Crippen LogP contribution is 2.24. The van der Waals surface area contributed by atoms with Gasteiger partial charge in [0.25, 0.3) is 0 Å². The first-order valence-corrected chi connectivity index (χ1v) is 11.2. The molecule has 0 bridgehead atoms. The molecule has 2 heterocycles. The molecule has 0 fully saturated rings. The van der Waals surface area contributed by atoms with Gasteiger partial charge in [0.1, 0.15) is 5.58 Å². The molecule has 34 heavy (non-hydrogen) atoms. The second-order valence-corrected chi connectivity index (χ2v) is 8.04. The number of amides is 1. The summed E-state index contributed by atoms with van der Waals surface area (Å²) in [4.78, 5) is 27.7. The maximum absolute atomic E-state index is 12.6. The van der Waals surface area contributed by atoms with Crippen molar-refractivity contribution in [2.75, 3.05) is 18.5 Å². The molecule has 4 aromatic rings. The number of benzene rings is 2. The van der Waals surface area contributed by atoms with E-state index in [0.717, 1.165) is 29.3 Å². The van der Waals surface area contributed by atoms with Crippen LogP contribution < -0.4 is 10.6 Å². The third-order valence-electron chi connectivity index (χ3n) is 5.62. The number of carbonyl (C=O) groups is 2. The maximum Gasteiger partial charge on any atom is 0.374 e. The van der Waals surface area contributed by atoms with Crippen molar-refractivity contribution in [3.8, 4) is 6.07 Å². The van der Waals surface area contributed by atoms with Crippen molar-refractivity contribution in [1.82, 2.24) is 10.3 Å². The van der Waals surface area contributed by atoms with Crippen molar-refractivity contribution in [3.05, 3.63) is 65.5 Å². The second-order valence-electron chi connectivity index (χ2n) is 8.04. The van der Waals surface area contributed by atoms with E-state index in [4.69, 9.17) is 14.4 Å². The summed E-state index contributed by atoms with van der Waals surface area (Å²) in [6.07, 6.45) is 3.65. The first-order chi connectivity index (χ1) is 16.5. The van der Waals surface area contributed by atoms with Gasteiger partial charge in [-0.15, -0.1) is 0 Å². The molecular weight excluding hydrogens is 432 g/mol. The fraction of sp³-hybridized carbons (Fsp3) is 0.269. The van der Waals surface area contributed by atoms with Crippen LogP contribution in [0.3, 0.4) is 0 Å². The van der Waals surface area contributed by atoms with E-state index in [1.807, 2.05) is 25.3 Å². The van der Waals surface area contributed by atoms with E-state index in [2.05, 4.69) is 21.7 Å². The summed E-state index contributed by atoms with van der Waals surface area (Å²) in [5.74, 6) is -0.533. The van der Waals surface area contributed by atoms with Gasteiger partial charge in [-0.2, -0.15) is 5.26 Å². The quantitative estimate of drug-likeness (QED) is 0.251. The summed E-state index contributed by atoms with van der Waals surface area (Å²) in [7, 11) is 0. The summed E-state index contributed by atoms with van der Waals surface area (Å²) in [5.41, 5.74) is 3.98. The molecule has 0 aliphatic carbocycles. The Morgan fingerprint density at radius 1 is 1.21 bits per heavy atom. The molecule has 8 heteroatoms. The summed E-state index contributed by atoms with van der Waals surface area (Å²) in [6.45, 7) is 4.49. The standard InChI is InChI=1S/C26H26N4O4/c1-3-33-26(32)24-13-19-12-20(7-9-23(19)34-24)30-25(31)16(2)28-10-4-5-18-15-29-22-8-6-17(14-27)11-21(18)22/h6-9,11-13,15-16,28-29H,3-5,10H2,1-2H3,(H,30,31)/t16-/m0/s1. The first-order valence-electron chi connectivity index (χ1n) is 11.2. The smallest absolute Gasteiger partial charge is 0.374 e. The molecule has 0 aliphatic heterocycles. The Kier molecular flexibility index (Phi) is 6.95. The lowest BCUT2D eigenvalue weighted by Gasteiger charge is -2.14. The molecule has 0 aliphatic rings. The number of nitriles is 1. The van der Waals surface area contributed by atoms with Crippen molar-refractivity contribution in [2.24, 2.45) is 0 Å². The van der Waals surface area contributed by atoms with Crippen LogP contribution in [0, 0.1) is 11.3 Å². The highest BCUT2D eigenvalue weighted by molar-refractivity contribution is 5.98. The van der Waals surface area contributed by atoms with Crippen LogP contribution in [0.1, 0.15) is 41.9 Å². The van der Waals surface area contributed by atoms with Crippen LogP contribution in [0.4, 0.5) is 5.69 Å². The van der Waals surface area contributed by atoms with E-state index in [9.17, 15) is 9.59 Å². The minimum absolute atomic E-state index is 0.134. The van der Waals surface area contributed by atoms with E-state index in [1.165, 1.54) is 0 Å². The van der Waals surface area contributed by atoms with Crippen LogP contribution in [0.5, 0.6) is 0 Å². The molecule has 1 atom stereocenters. The van der Waals surface area contributed by atoms with Gasteiger partial charge in [0.05, 0.1) is 24.3 Å². The molecule has 2 aromatic heterocycles. The van der Waals surface area contributed by atoms with E-state index < -0.39 is 5.97 Å². The second kappa shape index (κ2) is 10.2. The molecule has 0 saturated heterocycles. The minimum Gasteiger partial charge on any atom is -0.460 e. The van der Waals surface area contributed by atoms with Crippen LogP contribution in [-0.2, 0) is 16.0 Å². The van der Waals surface area contributed by atoms with Crippen LogP contribution in [0.2, 0.25) is 0 Å². The normalized spacial score (nSPS) is 11.9. The van der Waals surface area contributed by atoms with E-state index >= 15 is 0 Å². The number of carbonyl (C=O) groups excluding carboxylic acids is 2. The van der Waals surface area contributed by atoms with Gasteiger partial charge < -0.3 is 24.8 Å². The lowest BCUT2D eigenvalue weighted by molar-refractivity contribution is -0.117. The number of furan rings is 1. The number of hydrogen-bond acceptors (Lipinski definition) is 6. The monoisotopic (exact) mass is 458 g/mol. The number of ether oxygens (including phenoxy) is 1. The Hall–Kier alpha value is -4.09. The zero-order valence-corrected chi connectivity index (χ0v) is 19.1. The average Bonchev–Trinajstić information content (AvgIpc) is 3.45. The van der Waals surface area contributed by atoms with Gasteiger partial charge in [-0.3, -0.25) is 4.79 Å². The highest BCUT2D eigenvalue weighted by Gasteiger charge is 2.16. The molecule has 0 saturated carbocycles. The zero-order chi connectivity index (χ0) is 24.1.